The molecule has 15 heteroatoms. The molecule has 12 nitrogen and oxygen atoms in total. The summed E-state index contributed by atoms with van der Waals surface area (Å²) in [6.45, 7) is 16.4. The van der Waals surface area contributed by atoms with Crippen molar-refractivity contribution in [3.8, 4) is 0 Å². The summed E-state index contributed by atoms with van der Waals surface area (Å²) >= 11 is 0. The molecule has 1 aromatic carbocycles. The first kappa shape index (κ1) is 47.8. The van der Waals surface area contributed by atoms with Gasteiger partial charge >= 0.3 is 23.8 Å². The largest absolute Gasteiger partial charge is 0.490 e. The first-order chi connectivity index (χ1) is 27.5. The number of methoxy groups -OCH3 is 2. The number of halogens is 3. The second kappa shape index (κ2) is 19.2. The summed E-state index contributed by atoms with van der Waals surface area (Å²) in [5, 5.41) is 41.8. The van der Waals surface area contributed by atoms with Crippen LogP contribution >= 0.6 is 0 Å². The standard InChI is InChI=1S/C44H61F3N2O10/c1-23(2)38-28(7)35(57-40(52)31-15-17-32(18-16-31)43(48-49-43)44(45,46)47)22-42(54,59-38)30(9)37(51)29(8)39-33(55-10)14-12-13-24(3)19-26(5)36(50)27(6)20-25(4)21-34(56-11)41(53)58-39/h12-18,20-21,23,26-30,33,35-39,50-51,54H,19,22H2,1-11H3/b14-12+,24-13+,25-20+,34-21-/t26-,27+,28-,29-,30-,33-,35+,36-,37+,38+,39+,42+/m0/s1. The van der Waals surface area contributed by atoms with Gasteiger partial charge in [-0.1, -0.05) is 96.0 Å². The normalized spacial score (nSPS) is 35.4. The molecule has 0 amide bonds. The van der Waals surface area contributed by atoms with Gasteiger partial charge in [0, 0.05) is 42.8 Å². The molecule has 0 aromatic heterocycles. The maximum Gasteiger partial charge on any atom is 0.442 e. The van der Waals surface area contributed by atoms with Crippen LogP contribution in [-0.4, -0.2) is 90.1 Å². The van der Waals surface area contributed by atoms with E-state index in [4.69, 9.17) is 23.7 Å². The number of ether oxygens (including phenoxy) is 5. The van der Waals surface area contributed by atoms with Crippen molar-refractivity contribution in [1.82, 2.24) is 0 Å². The molecule has 0 unspecified atom stereocenters. The van der Waals surface area contributed by atoms with Crippen LogP contribution in [-0.2, 0) is 34.1 Å². The predicted molar refractivity (Wildman–Crippen MR) is 212 cm³/mol. The summed E-state index contributed by atoms with van der Waals surface area (Å²) < 4.78 is 70.3. The number of benzene rings is 1. The molecule has 0 bridgehead atoms. The van der Waals surface area contributed by atoms with E-state index in [1.165, 1.54) is 32.4 Å². The van der Waals surface area contributed by atoms with Crippen LogP contribution in [0.5, 0.6) is 0 Å². The van der Waals surface area contributed by atoms with E-state index >= 15 is 0 Å². The first-order valence-corrected chi connectivity index (χ1v) is 20.1. The predicted octanol–water partition coefficient (Wildman–Crippen LogP) is 7.74. The van der Waals surface area contributed by atoms with E-state index < -0.39 is 83.9 Å². The van der Waals surface area contributed by atoms with Crippen molar-refractivity contribution in [1.29, 1.82) is 0 Å². The zero-order valence-corrected chi connectivity index (χ0v) is 35.8. The van der Waals surface area contributed by atoms with Crippen molar-refractivity contribution < 1.29 is 61.8 Å². The Hall–Kier alpha value is -3.89. The zero-order chi connectivity index (χ0) is 44.2. The molecule has 3 N–H and O–H groups in total. The molecule has 0 radical (unpaired) electrons. The Morgan fingerprint density at radius 1 is 1.02 bits per heavy atom. The Labute approximate surface area is 345 Å². The van der Waals surface area contributed by atoms with Crippen molar-refractivity contribution in [3.63, 3.8) is 0 Å². The number of rotatable bonds is 10. The summed E-state index contributed by atoms with van der Waals surface area (Å²) in [6.07, 6.45) is -1.26. The van der Waals surface area contributed by atoms with Gasteiger partial charge < -0.3 is 39.0 Å². The second-order valence-electron chi connectivity index (χ2n) is 16.9. The van der Waals surface area contributed by atoms with Crippen molar-refractivity contribution in [2.45, 2.75) is 129 Å². The molecule has 3 aliphatic rings. The molecule has 59 heavy (non-hydrogen) atoms. The van der Waals surface area contributed by atoms with E-state index in [-0.39, 0.29) is 41.1 Å². The van der Waals surface area contributed by atoms with E-state index in [2.05, 4.69) is 10.2 Å². The van der Waals surface area contributed by atoms with Crippen LogP contribution in [0.15, 0.2) is 81.8 Å². The van der Waals surface area contributed by atoms with Crippen molar-refractivity contribution >= 4 is 11.9 Å². The smallest absolute Gasteiger partial charge is 0.442 e. The number of carbonyl (C=O) groups excluding carboxylic acids is 2. The van der Waals surface area contributed by atoms with Gasteiger partial charge in [-0.15, -0.1) is 10.2 Å². The molecule has 1 fully saturated rings. The minimum Gasteiger partial charge on any atom is -0.490 e. The Morgan fingerprint density at radius 2 is 1.64 bits per heavy atom. The number of aliphatic hydroxyl groups is 3. The molecule has 0 spiro atoms. The summed E-state index contributed by atoms with van der Waals surface area (Å²) in [7, 11) is 2.77. The average Bonchev–Trinajstić information content (AvgIpc) is 4.00. The molecule has 1 saturated heterocycles. The first-order valence-electron chi connectivity index (χ1n) is 20.1. The lowest BCUT2D eigenvalue weighted by Crippen LogP contribution is -2.59. The highest BCUT2D eigenvalue weighted by Crippen LogP contribution is 2.52. The molecule has 4 rings (SSSR count). The van der Waals surface area contributed by atoms with Crippen LogP contribution in [0.25, 0.3) is 0 Å². The van der Waals surface area contributed by atoms with Crippen LogP contribution in [0.4, 0.5) is 13.2 Å². The van der Waals surface area contributed by atoms with Crippen molar-refractivity contribution in [2.75, 3.05) is 14.2 Å². The molecule has 0 saturated carbocycles. The molecule has 3 heterocycles. The maximum atomic E-state index is 13.8. The number of hydrogen-bond acceptors (Lipinski definition) is 12. The third-order valence-corrected chi connectivity index (χ3v) is 11.9. The average molecular weight is 835 g/mol. The fourth-order valence-corrected chi connectivity index (χ4v) is 8.16. The van der Waals surface area contributed by atoms with Crippen LogP contribution in [0.1, 0.15) is 91.1 Å². The number of hydrogen-bond donors (Lipinski definition) is 3. The lowest BCUT2D eigenvalue weighted by Gasteiger charge is -2.50. The van der Waals surface area contributed by atoms with Gasteiger partial charge in [-0.3, -0.25) is 0 Å². The lowest BCUT2D eigenvalue weighted by molar-refractivity contribution is -0.328. The Morgan fingerprint density at radius 3 is 2.19 bits per heavy atom. The SMILES string of the molecule is CO/C1=C\C(C)=C\[C@@H](C)[C@@H](O)[C@@H](C)C/C(C)=C/C=C/[C@H](OC)[C@@H]([C@@H](C)[C@@H](O)[C@H](C)[C@@]2(O)C[C@@H](OC(=O)c3ccc(C4(C(F)(F)F)N=N4)cc3)[C@H](C)[C@@H](C(C)C)O2)OC1=O. The number of allylic oxidation sites excluding steroid dienone is 5. The van der Waals surface area contributed by atoms with Crippen LogP contribution in [0.3, 0.4) is 0 Å². The van der Waals surface area contributed by atoms with Crippen LogP contribution in [0.2, 0.25) is 0 Å². The molecular formula is C44H61F3N2O10. The quantitative estimate of drug-likeness (QED) is 0.199. The van der Waals surface area contributed by atoms with Crippen LogP contribution in [0, 0.1) is 35.5 Å². The topological polar surface area (TPSA) is 166 Å². The van der Waals surface area contributed by atoms with Gasteiger partial charge in [0.05, 0.1) is 31.0 Å². The summed E-state index contributed by atoms with van der Waals surface area (Å²) in [5.74, 6) is -6.70. The van der Waals surface area contributed by atoms with Gasteiger partial charge in [0.1, 0.15) is 18.3 Å². The molecule has 12 atom stereocenters. The lowest BCUT2D eigenvalue weighted by atomic mass is 9.76. The zero-order valence-electron chi connectivity index (χ0n) is 35.8. The number of aliphatic hydroxyl groups excluding tert-OH is 2. The van der Waals surface area contributed by atoms with E-state index in [9.17, 15) is 38.1 Å². The highest BCUT2D eigenvalue weighted by molar-refractivity contribution is 5.89. The monoisotopic (exact) mass is 834 g/mol. The van der Waals surface area contributed by atoms with Gasteiger partial charge in [-0.05, 0) is 50.3 Å². The third-order valence-electron chi connectivity index (χ3n) is 11.9. The molecular weight excluding hydrogens is 773 g/mol. The minimum atomic E-state index is -4.73. The van der Waals surface area contributed by atoms with E-state index in [0.29, 0.717) is 12.0 Å². The van der Waals surface area contributed by atoms with Gasteiger partial charge in [-0.25, -0.2) is 9.59 Å². The number of nitrogens with zero attached hydrogens (tertiary/aromatic N) is 2. The summed E-state index contributed by atoms with van der Waals surface area (Å²) in [6, 6.07) is 4.67. The maximum absolute atomic E-state index is 13.8. The van der Waals surface area contributed by atoms with Crippen molar-refractivity contribution in [3.05, 3.63) is 82.7 Å². The van der Waals surface area contributed by atoms with E-state index in [0.717, 1.165) is 17.7 Å². The number of alkyl halides is 3. The Bertz CT molecular complexity index is 1780. The molecule has 3 aliphatic heterocycles. The number of cyclic esters (lactones) is 1. The van der Waals surface area contributed by atoms with Crippen molar-refractivity contribution in [2.24, 2.45) is 45.7 Å². The fraction of sp³-hybridized carbons (Fsp3) is 0.636. The fourth-order valence-electron chi connectivity index (χ4n) is 8.16. The van der Waals surface area contributed by atoms with E-state index in [1.54, 1.807) is 32.9 Å². The van der Waals surface area contributed by atoms with Gasteiger partial charge in [0.2, 0.25) is 5.76 Å². The Balaban J connectivity index is 1.63. The molecule has 328 valence electrons. The number of esters is 2. The Kier molecular flexibility index (Phi) is 15.6. The van der Waals surface area contributed by atoms with Crippen LogP contribution < -0.4 is 0 Å². The molecule has 0 aliphatic carbocycles. The van der Waals surface area contributed by atoms with Gasteiger partial charge in [-0.2, -0.15) is 13.2 Å². The summed E-state index contributed by atoms with van der Waals surface area (Å²) in [4.78, 5) is 27.2. The van der Waals surface area contributed by atoms with E-state index in [1.807, 2.05) is 53.7 Å². The number of carbonyl (C=O) groups is 2. The second-order valence-corrected chi connectivity index (χ2v) is 16.9. The van der Waals surface area contributed by atoms with Gasteiger partial charge in [0.25, 0.3) is 0 Å². The third kappa shape index (κ3) is 10.9. The minimum absolute atomic E-state index is 0.0148. The highest BCUT2D eigenvalue weighted by atomic mass is 19.4. The highest BCUT2D eigenvalue weighted by Gasteiger charge is 2.65. The molecule has 1 aromatic rings. The van der Waals surface area contributed by atoms with Gasteiger partial charge in [0.15, 0.2) is 5.79 Å². The summed E-state index contributed by atoms with van der Waals surface area (Å²) in [5.41, 5.74) is -1.23.